The monoisotopic (exact) mass is 422 g/mol. The van der Waals surface area contributed by atoms with Crippen LogP contribution in [0, 0.1) is 5.82 Å². The van der Waals surface area contributed by atoms with Crippen LogP contribution < -0.4 is 10.2 Å². The van der Waals surface area contributed by atoms with Gasteiger partial charge in [-0.1, -0.05) is 0 Å². The number of esters is 1. The highest BCUT2D eigenvalue weighted by atomic mass is 32.1. The van der Waals surface area contributed by atoms with Gasteiger partial charge in [-0.2, -0.15) is 0 Å². The van der Waals surface area contributed by atoms with Crippen LogP contribution >= 0.6 is 11.3 Å². The maximum absolute atomic E-state index is 15.5. The van der Waals surface area contributed by atoms with Crippen molar-refractivity contribution in [2.45, 2.75) is 51.7 Å². The SMILES string of the molecule is COC(=O)CCC(=O)c1cc2c(F)c(B3OC(C)(C)C(C)(C)O3)c(OC)cc2s1. The Morgan fingerprint density at radius 1 is 1.10 bits per heavy atom. The summed E-state index contributed by atoms with van der Waals surface area (Å²) in [6.07, 6.45) is -0.0170. The quantitative estimate of drug-likeness (QED) is 0.403. The fourth-order valence-corrected chi connectivity index (χ4v) is 4.12. The number of methoxy groups -OCH3 is 2. The number of Topliss-reactive ketones (excluding diaryl/α,β-unsaturated/α-hetero) is 1. The molecule has 1 saturated heterocycles. The molecule has 0 amide bonds. The Kier molecular flexibility index (Phi) is 5.77. The summed E-state index contributed by atoms with van der Waals surface area (Å²) in [6, 6.07) is 3.18. The van der Waals surface area contributed by atoms with Crippen molar-refractivity contribution in [3.05, 3.63) is 22.8 Å². The smallest absolute Gasteiger partial charge is 0.497 e. The van der Waals surface area contributed by atoms with Crippen LogP contribution in [-0.4, -0.2) is 44.3 Å². The van der Waals surface area contributed by atoms with E-state index in [9.17, 15) is 9.59 Å². The Balaban J connectivity index is 1.99. The molecule has 9 heteroatoms. The van der Waals surface area contributed by atoms with Crippen molar-refractivity contribution >= 4 is 45.8 Å². The van der Waals surface area contributed by atoms with Crippen molar-refractivity contribution < 1.29 is 32.8 Å². The van der Waals surface area contributed by atoms with E-state index in [4.69, 9.17) is 14.0 Å². The van der Waals surface area contributed by atoms with Crippen molar-refractivity contribution in [2.24, 2.45) is 0 Å². The first-order valence-corrected chi connectivity index (χ1v) is 10.1. The summed E-state index contributed by atoms with van der Waals surface area (Å²) in [4.78, 5) is 24.1. The van der Waals surface area contributed by atoms with Gasteiger partial charge in [0, 0.05) is 16.5 Å². The highest BCUT2D eigenvalue weighted by molar-refractivity contribution is 7.20. The maximum Gasteiger partial charge on any atom is 0.501 e. The Morgan fingerprint density at radius 3 is 2.28 bits per heavy atom. The average Bonchev–Trinajstić information content (AvgIpc) is 3.17. The normalized spacial score (nSPS) is 17.6. The van der Waals surface area contributed by atoms with E-state index in [2.05, 4.69) is 4.74 Å². The molecule has 1 aliphatic heterocycles. The second kappa shape index (κ2) is 7.70. The fraction of sp³-hybridized carbons (Fsp3) is 0.500. The Morgan fingerprint density at radius 2 is 1.72 bits per heavy atom. The van der Waals surface area contributed by atoms with Crippen molar-refractivity contribution in [2.75, 3.05) is 14.2 Å². The van der Waals surface area contributed by atoms with Crippen molar-refractivity contribution in [3.8, 4) is 5.75 Å². The van der Waals surface area contributed by atoms with Gasteiger partial charge in [-0.25, -0.2) is 4.39 Å². The van der Waals surface area contributed by atoms with Crippen LogP contribution in [-0.2, 0) is 18.8 Å². The zero-order valence-electron chi connectivity index (χ0n) is 17.4. The topological polar surface area (TPSA) is 71.1 Å². The fourth-order valence-electron chi connectivity index (χ4n) is 3.06. The van der Waals surface area contributed by atoms with Gasteiger partial charge in [-0.3, -0.25) is 9.59 Å². The van der Waals surface area contributed by atoms with Crippen LogP contribution in [0.25, 0.3) is 10.1 Å². The number of rotatable bonds is 6. The maximum atomic E-state index is 15.5. The van der Waals surface area contributed by atoms with Crippen molar-refractivity contribution in [1.29, 1.82) is 0 Å². The van der Waals surface area contributed by atoms with Gasteiger partial charge in [0.25, 0.3) is 0 Å². The number of carbonyl (C=O) groups is 2. The van der Waals surface area contributed by atoms with Gasteiger partial charge in [0.2, 0.25) is 0 Å². The minimum atomic E-state index is -0.933. The van der Waals surface area contributed by atoms with E-state index in [1.807, 2.05) is 27.7 Å². The van der Waals surface area contributed by atoms with E-state index in [0.29, 0.717) is 20.7 Å². The number of thiophene rings is 1. The molecule has 156 valence electrons. The summed E-state index contributed by atoms with van der Waals surface area (Å²) in [5.74, 6) is -0.951. The van der Waals surface area contributed by atoms with Crippen LogP contribution in [0.15, 0.2) is 12.1 Å². The van der Waals surface area contributed by atoms with Crippen LogP contribution in [0.4, 0.5) is 4.39 Å². The van der Waals surface area contributed by atoms with E-state index >= 15 is 4.39 Å². The van der Waals surface area contributed by atoms with Crippen LogP contribution in [0.2, 0.25) is 0 Å². The molecule has 1 fully saturated rings. The molecule has 0 saturated carbocycles. The third-order valence-electron chi connectivity index (χ3n) is 5.53. The number of hydrogen-bond donors (Lipinski definition) is 0. The van der Waals surface area contributed by atoms with E-state index in [1.54, 1.807) is 6.07 Å². The second-order valence-corrected chi connectivity index (χ2v) is 9.00. The lowest BCUT2D eigenvalue weighted by Gasteiger charge is -2.32. The Bertz CT molecular complexity index is 952. The van der Waals surface area contributed by atoms with Gasteiger partial charge >= 0.3 is 13.1 Å². The largest absolute Gasteiger partial charge is 0.501 e. The molecule has 1 aromatic carbocycles. The number of fused-ring (bicyclic) bond motifs is 1. The summed E-state index contributed by atoms with van der Waals surface area (Å²) in [6.45, 7) is 7.55. The molecule has 0 spiro atoms. The van der Waals surface area contributed by atoms with Gasteiger partial charge in [-0.15, -0.1) is 11.3 Å². The highest BCUT2D eigenvalue weighted by Gasteiger charge is 2.53. The molecule has 1 aliphatic rings. The van der Waals surface area contributed by atoms with Gasteiger partial charge in [0.05, 0.1) is 42.2 Å². The lowest BCUT2D eigenvalue weighted by atomic mass is 9.77. The van der Waals surface area contributed by atoms with Gasteiger partial charge < -0.3 is 18.8 Å². The zero-order valence-corrected chi connectivity index (χ0v) is 18.2. The van der Waals surface area contributed by atoms with E-state index in [0.717, 1.165) is 11.3 Å². The third-order valence-corrected chi connectivity index (χ3v) is 6.65. The van der Waals surface area contributed by atoms with Crippen molar-refractivity contribution in [3.63, 3.8) is 0 Å². The van der Waals surface area contributed by atoms with Crippen LogP contribution in [0.1, 0.15) is 50.2 Å². The van der Waals surface area contributed by atoms with Crippen molar-refractivity contribution in [1.82, 2.24) is 0 Å². The van der Waals surface area contributed by atoms with Gasteiger partial charge in [-0.05, 0) is 39.8 Å². The molecular weight excluding hydrogens is 398 g/mol. The highest BCUT2D eigenvalue weighted by Crippen LogP contribution is 2.39. The van der Waals surface area contributed by atoms with E-state index in [-0.39, 0.29) is 24.1 Å². The summed E-state index contributed by atoms with van der Waals surface area (Å²) in [5.41, 5.74) is -1.09. The lowest BCUT2D eigenvalue weighted by Crippen LogP contribution is -2.41. The predicted molar refractivity (Wildman–Crippen MR) is 110 cm³/mol. The van der Waals surface area contributed by atoms with Gasteiger partial charge in [0.15, 0.2) is 5.78 Å². The molecule has 0 radical (unpaired) electrons. The predicted octanol–water partition coefficient (Wildman–Crippen LogP) is 3.48. The Hall–Kier alpha value is -1.97. The molecule has 1 aromatic heterocycles. The molecule has 0 N–H and O–H groups in total. The first kappa shape index (κ1) is 21.7. The summed E-state index contributed by atoms with van der Waals surface area (Å²) >= 11 is 1.16. The molecule has 0 bridgehead atoms. The lowest BCUT2D eigenvalue weighted by molar-refractivity contribution is -0.140. The number of hydrogen-bond acceptors (Lipinski definition) is 7. The number of ether oxygens (including phenoxy) is 2. The standard InChI is InChI=1S/C20H24BFO6S/c1-19(2)20(3,4)28-21(27-19)17-13(25-5)10-14-11(18(17)22)9-15(29-14)12(23)7-8-16(24)26-6/h9-10H,7-8H2,1-6H3. The molecule has 3 rings (SSSR count). The number of ketones is 1. The minimum absolute atomic E-state index is 0.00231. The van der Waals surface area contributed by atoms with Crippen LogP contribution in [0.3, 0.4) is 0 Å². The van der Waals surface area contributed by atoms with E-state index < -0.39 is 30.1 Å². The second-order valence-electron chi connectivity index (χ2n) is 7.92. The molecule has 2 aromatic rings. The summed E-state index contributed by atoms with van der Waals surface area (Å²) in [5, 5.41) is 0.293. The molecule has 2 heterocycles. The first-order valence-electron chi connectivity index (χ1n) is 9.26. The first-order chi connectivity index (χ1) is 13.5. The summed E-state index contributed by atoms with van der Waals surface area (Å²) in [7, 11) is 1.79. The number of benzene rings is 1. The summed E-state index contributed by atoms with van der Waals surface area (Å²) < 4.78 is 38.0. The zero-order chi connectivity index (χ0) is 21.6. The molecule has 0 aliphatic carbocycles. The third kappa shape index (κ3) is 3.91. The van der Waals surface area contributed by atoms with Gasteiger partial charge in [0.1, 0.15) is 11.6 Å². The van der Waals surface area contributed by atoms with E-state index in [1.165, 1.54) is 20.3 Å². The van der Waals surface area contributed by atoms with Crippen LogP contribution in [0.5, 0.6) is 5.75 Å². The molecule has 0 atom stereocenters. The Labute approximate surface area is 173 Å². The molecule has 0 unspecified atom stereocenters. The minimum Gasteiger partial charge on any atom is -0.497 e. The molecular formula is C20H24BFO6S. The average molecular weight is 422 g/mol. The molecule has 6 nitrogen and oxygen atoms in total. The number of carbonyl (C=O) groups excluding carboxylic acids is 2. The molecule has 29 heavy (non-hydrogen) atoms. The number of halogens is 1.